The zero-order chi connectivity index (χ0) is 17.7. The van der Waals surface area contributed by atoms with E-state index in [9.17, 15) is 9.90 Å². The van der Waals surface area contributed by atoms with Gasteiger partial charge in [-0.15, -0.1) is 0 Å². The molecule has 0 spiro atoms. The number of nitrogens with zero attached hydrogens (tertiary/aromatic N) is 1. The highest BCUT2D eigenvalue weighted by atomic mass is 16.5. The van der Waals surface area contributed by atoms with Crippen molar-refractivity contribution in [1.29, 1.82) is 0 Å². The van der Waals surface area contributed by atoms with Gasteiger partial charge in [0.2, 0.25) is 0 Å². The highest BCUT2D eigenvalue weighted by molar-refractivity contribution is 5.74. The van der Waals surface area contributed by atoms with Gasteiger partial charge >= 0.3 is 6.03 Å². The van der Waals surface area contributed by atoms with E-state index in [1.165, 1.54) is 5.56 Å². The molecule has 1 heterocycles. The Balaban J connectivity index is 1.43. The number of likely N-dealkylation sites (N-methyl/N-ethyl adjacent to an activating group) is 1. The van der Waals surface area contributed by atoms with Gasteiger partial charge < -0.3 is 20.1 Å². The fraction of sp³-hybridized carbons (Fsp3) is 0.650. The van der Waals surface area contributed by atoms with Gasteiger partial charge in [0.25, 0.3) is 0 Å². The van der Waals surface area contributed by atoms with Crippen molar-refractivity contribution in [2.45, 2.75) is 50.2 Å². The topological polar surface area (TPSA) is 61.8 Å². The molecular formula is C20H30N2O3. The first-order valence-electron chi connectivity index (χ1n) is 9.40. The van der Waals surface area contributed by atoms with Crippen LogP contribution in [0.3, 0.4) is 0 Å². The van der Waals surface area contributed by atoms with Crippen molar-refractivity contribution in [2.75, 3.05) is 26.8 Å². The van der Waals surface area contributed by atoms with Crippen LogP contribution in [0, 0.1) is 5.92 Å². The summed E-state index contributed by atoms with van der Waals surface area (Å²) >= 11 is 0. The van der Waals surface area contributed by atoms with Crippen LogP contribution in [-0.4, -0.2) is 54.5 Å². The van der Waals surface area contributed by atoms with Crippen LogP contribution in [0.5, 0.6) is 0 Å². The number of hydrogen-bond acceptors (Lipinski definition) is 3. The Hall–Kier alpha value is -1.59. The first kappa shape index (κ1) is 18.2. The second kappa shape index (κ2) is 8.19. The van der Waals surface area contributed by atoms with Gasteiger partial charge in [0, 0.05) is 39.1 Å². The summed E-state index contributed by atoms with van der Waals surface area (Å²) in [5, 5.41) is 13.7. The molecule has 5 heteroatoms. The zero-order valence-corrected chi connectivity index (χ0v) is 15.1. The Kier molecular flexibility index (Phi) is 5.97. The number of carbonyl (C=O) groups is 1. The molecule has 1 aromatic carbocycles. The summed E-state index contributed by atoms with van der Waals surface area (Å²) < 4.78 is 5.30. The van der Waals surface area contributed by atoms with Gasteiger partial charge in [-0.05, 0) is 37.2 Å². The molecule has 25 heavy (non-hydrogen) atoms. The Morgan fingerprint density at radius 3 is 2.72 bits per heavy atom. The van der Waals surface area contributed by atoms with Gasteiger partial charge in [0.05, 0.1) is 12.1 Å². The van der Waals surface area contributed by atoms with Crippen molar-refractivity contribution in [3.63, 3.8) is 0 Å². The summed E-state index contributed by atoms with van der Waals surface area (Å²) in [5.41, 5.74) is 0.564. The van der Waals surface area contributed by atoms with Crippen molar-refractivity contribution in [2.24, 2.45) is 5.92 Å². The van der Waals surface area contributed by atoms with Gasteiger partial charge in [-0.1, -0.05) is 30.3 Å². The molecule has 1 saturated carbocycles. The lowest BCUT2D eigenvalue weighted by Gasteiger charge is -2.35. The van der Waals surface area contributed by atoms with Gasteiger partial charge in [0.15, 0.2) is 0 Å². The molecular weight excluding hydrogens is 316 g/mol. The molecule has 0 radical (unpaired) electrons. The van der Waals surface area contributed by atoms with E-state index < -0.39 is 5.60 Å². The predicted octanol–water partition coefficient (Wildman–Crippen LogP) is 2.58. The number of urea groups is 1. The zero-order valence-electron chi connectivity index (χ0n) is 15.1. The van der Waals surface area contributed by atoms with Crippen LogP contribution >= 0.6 is 0 Å². The molecule has 2 atom stereocenters. The van der Waals surface area contributed by atoms with Crippen molar-refractivity contribution in [3.8, 4) is 0 Å². The summed E-state index contributed by atoms with van der Waals surface area (Å²) in [7, 11) is 1.76. The fourth-order valence-corrected chi connectivity index (χ4v) is 4.05. The molecule has 0 bridgehead atoms. The van der Waals surface area contributed by atoms with Crippen LogP contribution in [-0.2, 0) is 11.2 Å². The van der Waals surface area contributed by atoms with E-state index in [0.29, 0.717) is 38.5 Å². The smallest absolute Gasteiger partial charge is 0.317 e. The minimum absolute atomic E-state index is 0.0784. The Bertz CT molecular complexity index is 557. The fourth-order valence-electron chi connectivity index (χ4n) is 4.05. The Morgan fingerprint density at radius 2 is 2.00 bits per heavy atom. The SMILES string of the molecule is CN(CC1(O)CCOCC1)C(=O)NC1CCC(Cc2ccccc2)C1. The first-order valence-corrected chi connectivity index (χ1v) is 9.40. The molecule has 1 aromatic rings. The molecule has 2 N–H and O–H groups in total. The average Bonchev–Trinajstić information content (AvgIpc) is 3.03. The molecule has 1 saturated heterocycles. The van der Waals surface area contributed by atoms with E-state index in [1.54, 1.807) is 11.9 Å². The normalized spacial score (nSPS) is 25.5. The summed E-state index contributed by atoms with van der Waals surface area (Å²) in [6.45, 7) is 1.49. The molecule has 1 aliphatic carbocycles. The van der Waals surface area contributed by atoms with Crippen LogP contribution in [0.1, 0.15) is 37.7 Å². The third-order valence-electron chi connectivity index (χ3n) is 5.54. The largest absolute Gasteiger partial charge is 0.388 e. The highest BCUT2D eigenvalue weighted by Crippen LogP contribution is 2.29. The van der Waals surface area contributed by atoms with Crippen molar-refractivity contribution in [1.82, 2.24) is 10.2 Å². The van der Waals surface area contributed by atoms with Crippen LogP contribution in [0.15, 0.2) is 30.3 Å². The summed E-state index contributed by atoms with van der Waals surface area (Å²) in [5.74, 6) is 0.637. The molecule has 1 aliphatic heterocycles. The molecule has 3 rings (SSSR count). The number of carbonyl (C=O) groups excluding carboxylic acids is 1. The Labute approximate surface area is 150 Å². The minimum atomic E-state index is -0.810. The molecule has 138 valence electrons. The second-order valence-corrected chi connectivity index (χ2v) is 7.71. The molecule has 2 unspecified atom stereocenters. The van der Waals surface area contributed by atoms with E-state index in [4.69, 9.17) is 4.74 Å². The standard InChI is InChI=1S/C20H30N2O3/c1-22(15-20(24)9-11-25-12-10-20)19(23)21-18-8-7-17(14-18)13-16-5-3-2-4-6-16/h2-6,17-18,24H,7-15H2,1H3,(H,21,23). The number of amides is 2. The maximum Gasteiger partial charge on any atom is 0.317 e. The van der Waals surface area contributed by atoms with E-state index >= 15 is 0 Å². The van der Waals surface area contributed by atoms with Crippen LogP contribution in [0.4, 0.5) is 4.79 Å². The average molecular weight is 346 g/mol. The van der Waals surface area contributed by atoms with Crippen LogP contribution in [0.25, 0.3) is 0 Å². The lowest BCUT2D eigenvalue weighted by molar-refractivity contribution is -0.0723. The molecule has 2 aliphatic rings. The van der Waals surface area contributed by atoms with Gasteiger partial charge in [-0.25, -0.2) is 4.79 Å². The van der Waals surface area contributed by atoms with E-state index in [1.807, 2.05) is 6.07 Å². The number of benzene rings is 1. The van der Waals surface area contributed by atoms with Gasteiger partial charge in [-0.2, -0.15) is 0 Å². The molecule has 5 nitrogen and oxygen atoms in total. The predicted molar refractivity (Wildman–Crippen MR) is 97.4 cm³/mol. The number of hydrogen-bond donors (Lipinski definition) is 2. The number of nitrogens with one attached hydrogen (secondary N) is 1. The van der Waals surface area contributed by atoms with Crippen LogP contribution in [0.2, 0.25) is 0 Å². The molecule has 0 aromatic heterocycles. The monoisotopic (exact) mass is 346 g/mol. The van der Waals surface area contributed by atoms with E-state index in [2.05, 4.69) is 29.6 Å². The first-order chi connectivity index (χ1) is 12.0. The number of aliphatic hydroxyl groups is 1. The maximum absolute atomic E-state index is 12.5. The number of ether oxygens (including phenoxy) is 1. The van der Waals surface area contributed by atoms with Gasteiger partial charge in [-0.3, -0.25) is 0 Å². The van der Waals surface area contributed by atoms with Crippen molar-refractivity contribution in [3.05, 3.63) is 35.9 Å². The van der Waals surface area contributed by atoms with Crippen molar-refractivity contribution >= 4 is 6.03 Å². The summed E-state index contributed by atoms with van der Waals surface area (Å²) in [4.78, 5) is 14.1. The second-order valence-electron chi connectivity index (χ2n) is 7.71. The quantitative estimate of drug-likeness (QED) is 0.861. The third kappa shape index (κ3) is 5.19. The van der Waals surface area contributed by atoms with E-state index in [-0.39, 0.29) is 12.1 Å². The third-order valence-corrected chi connectivity index (χ3v) is 5.54. The molecule has 2 fully saturated rings. The maximum atomic E-state index is 12.5. The Morgan fingerprint density at radius 1 is 1.28 bits per heavy atom. The number of rotatable bonds is 5. The van der Waals surface area contributed by atoms with Gasteiger partial charge in [0.1, 0.15) is 0 Å². The lowest BCUT2D eigenvalue weighted by atomic mass is 9.94. The lowest BCUT2D eigenvalue weighted by Crippen LogP contribution is -2.51. The summed E-state index contributed by atoms with van der Waals surface area (Å²) in [6, 6.07) is 10.7. The van der Waals surface area contributed by atoms with Crippen LogP contribution < -0.4 is 5.32 Å². The highest BCUT2D eigenvalue weighted by Gasteiger charge is 2.33. The summed E-state index contributed by atoms with van der Waals surface area (Å²) in [6.07, 6.45) is 5.50. The van der Waals surface area contributed by atoms with E-state index in [0.717, 1.165) is 25.7 Å². The molecule has 2 amide bonds. The van der Waals surface area contributed by atoms with Crippen molar-refractivity contribution < 1.29 is 14.6 Å². The minimum Gasteiger partial charge on any atom is -0.388 e.